The summed E-state index contributed by atoms with van der Waals surface area (Å²) in [5.74, 6) is -0.0164. The molecule has 0 heterocycles. The van der Waals surface area contributed by atoms with E-state index in [1.54, 1.807) is 42.5 Å². The molecule has 0 aromatic heterocycles. The summed E-state index contributed by atoms with van der Waals surface area (Å²) in [7, 11) is 1.52. The van der Waals surface area contributed by atoms with Gasteiger partial charge in [-0.05, 0) is 36.4 Å². The molecule has 0 spiro atoms. The Kier molecular flexibility index (Phi) is 6.07. The van der Waals surface area contributed by atoms with Crippen LogP contribution in [0.15, 0.2) is 54.2 Å². The molecule has 0 radical (unpaired) electrons. The van der Waals surface area contributed by atoms with Crippen molar-refractivity contribution >= 4 is 40.5 Å². The molecule has 0 fully saturated rings. The van der Waals surface area contributed by atoms with E-state index in [1.807, 2.05) is 6.07 Å². The number of nitrogens with one attached hydrogen (secondary N) is 2. The third-order valence-corrected chi connectivity index (χ3v) is 3.51. The highest BCUT2D eigenvalue weighted by atomic mass is 35.5. The third kappa shape index (κ3) is 4.66. The molecular weight excluding hydrogens is 349 g/mol. The van der Waals surface area contributed by atoms with Gasteiger partial charge < -0.3 is 15.4 Å². The Morgan fingerprint density at radius 2 is 2.00 bits per heavy atom. The first-order valence-electron chi connectivity index (χ1n) is 6.80. The van der Waals surface area contributed by atoms with E-state index in [2.05, 4.69) is 10.6 Å². The van der Waals surface area contributed by atoms with E-state index >= 15 is 0 Å². The van der Waals surface area contributed by atoms with Crippen LogP contribution in [0.25, 0.3) is 0 Å². The minimum Gasteiger partial charge on any atom is -0.495 e. The lowest BCUT2D eigenvalue weighted by atomic mass is 10.2. The van der Waals surface area contributed by atoms with Crippen LogP contribution in [0, 0.1) is 11.3 Å². The van der Waals surface area contributed by atoms with Crippen molar-refractivity contribution in [3.05, 3.63) is 64.3 Å². The molecule has 2 N–H and O–H groups in total. The Morgan fingerprint density at radius 3 is 2.62 bits per heavy atom. The number of amides is 1. The average Bonchev–Trinajstić information content (AvgIpc) is 2.55. The van der Waals surface area contributed by atoms with Crippen molar-refractivity contribution in [3.63, 3.8) is 0 Å². The topological polar surface area (TPSA) is 74.1 Å². The van der Waals surface area contributed by atoms with Gasteiger partial charge in [-0.1, -0.05) is 29.3 Å². The maximum absolute atomic E-state index is 12.1. The Bertz CT molecular complexity index is 829. The smallest absolute Gasteiger partial charge is 0.267 e. The van der Waals surface area contributed by atoms with E-state index in [0.29, 0.717) is 27.2 Å². The molecule has 5 nitrogen and oxygen atoms in total. The Labute approximate surface area is 149 Å². The average molecular weight is 362 g/mol. The van der Waals surface area contributed by atoms with Gasteiger partial charge >= 0.3 is 0 Å². The van der Waals surface area contributed by atoms with E-state index in [-0.39, 0.29) is 5.57 Å². The molecule has 7 heteroatoms. The van der Waals surface area contributed by atoms with E-state index < -0.39 is 5.91 Å². The first kappa shape index (κ1) is 17.7. The molecule has 24 heavy (non-hydrogen) atoms. The zero-order chi connectivity index (χ0) is 17.5. The number of hydrogen-bond acceptors (Lipinski definition) is 4. The molecule has 1 amide bonds. The molecule has 0 bridgehead atoms. The number of rotatable bonds is 5. The fourth-order valence-electron chi connectivity index (χ4n) is 1.82. The van der Waals surface area contributed by atoms with Crippen molar-refractivity contribution in [1.29, 1.82) is 5.26 Å². The number of benzene rings is 2. The van der Waals surface area contributed by atoms with Gasteiger partial charge in [-0.3, -0.25) is 4.79 Å². The lowest BCUT2D eigenvalue weighted by molar-refractivity contribution is -0.112. The SMILES string of the molecule is COc1ccc(N/C=C(/C#N)C(=O)Nc2cccc(Cl)c2)cc1Cl. The molecule has 2 aromatic rings. The molecule has 2 rings (SSSR count). The van der Waals surface area contributed by atoms with Gasteiger partial charge in [0.1, 0.15) is 17.4 Å². The minimum atomic E-state index is -0.549. The number of nitrogens with zero attached hydrogens (tertiary/aromatic N) is 1. The zero-order valence-electron chi connectivity index (χ0n) is 12.6. The fourth-order valence-corrected chi connectivity index (χ4v) is 2.27. The summed E-state index contributed by atoms with van der Waals surface area (Å²) < 4.78 is 5.06. The second-order valence-electron chi connectivity index (χ2n) is 4.63. The molecule has 0 aliphatic rings. The van der Waals surface area contributed by atoms with Crippen LogP contribution in [0.2, 0.25) is 10.0 Å². The summed E-state index contributed by atoms with van der Waals surface area (Å²) >= 11 is 11.9. The Hall–Kier alpha value is -2.68. The van der Waals surface area contributed by atoms with Crippen molar-refractivity contribution in [3.8, 4) is 11.8 Å². The summed E-state index contributed by atoms with van der Waals surface area (Å²) in [6, 6.07) is 13.5. The maximum atomic E-state index is 12.1. The molecular formula is C17H13Cl2N3O2. The highest BCUT2D eigenvalue weighted by Crippen LogP contribution is 2.27. The quantitative estimate of drug-likeness (QED) is 0.608. The van der Waals surface area contributed by atoms with Gasteiger partial charge in [-0.15, -0.1) is 0 Å². The largest absolute Gasteiger partial charge is 0.495 e. The van der Waals surface area contributed by atoms with Crippen LogP contribution < -0.4 is 15.4 Å². The number of anilines is 2. The number of carbonyl (C=O) groups excluding carboxylic acids is 1. The van der Waals surface area contributed by atoms with Crippen molar-refractivity contribution in [2.45, 2.75) is 0 Å². The Balaban J connectivity index is 2.10. The second kappa shape index (κ2) is 8.25. The first-order chi connectivity index (χ1) is 11.5. The van der Waals surface area contributed by atoms with Crippen molar-refractivity contribution in [2.75, 3.05) is 17.7 Å². The predicted molar refractivity (Wildman–Crippen MR) is 95.4 cm³/mol. The predicted octanol–water partition coefficient (Wildman–Crippen LogP) is 4.46. The van der Waals surface area contributed by atoms with Crippen LogP contribution in [0.3, 0.4) is 0 Å². The van der Waals surface area contributed by atoms with Gasteiger partial charge in [0.15, 0.2) is 0 Å². The molecule has 0 aliphatic heterocycles. The van der Waals surface area contributed by atoms with Crippen molar-refractivity contribution in [2.24, 2.45) is 0 Å². The van der Waals surface area contributed by atoms with Crippen LogP contribution >= 0.6 is 23.2 Å². The van der Waals surface area contributed by atoms with E-state index in [1.165, 1.54) is 13.3 Å². The van der Waals surface area contributed by atoms with E-state index in [4.69, 9.17) is 33.2 Å². The molecule has 2 aromatic carbocycles. The van der Waals surface area contributed by atoms with Gasteiger partial charge in [-0.25, -0.2) is 0 Å². The van der Waals surface area contributed by atoms with E-state index in [9.17, 15) is 4.79 Å². The number of methoxy groups -OCH3 is 1. The number of hydrogen-bond donors (Lipinski definition) is 2. The van der Waals surface area contributed by atoms with Gasteiger partial charge in [0, 0.05) is 22.6 Å². The van der Waals surface area contributed by atoms with Crippen LogP contribution in [-0.2, 0) is 4.79 Å². The molecule has 0 saturated heterocycles. The summed E-state index contributed by atoms with van der Waals surface area (Å²) in [6.07, 6.45) is 1.30. The van der Waals surface area contributed by atoms with Gasteiger partial charge in [-0.2, -0.15) is 5.26 Å². The molecule has 0 atom stereocenters. The summed E-state index contributed by atoms with van der Waals surface area (Å²) in [4.78, 5) is 12.1. The van der Waals surface area contributed by atoms with Gasteiger partial charge in [0.05, 0.1) is 12.1 Å². The summed E-state index contributed by atoms with van der Waals surface area (Å²) in [6.45, 7) is 0. The fraction of sp³-hybridized carbons (Fsp3) is 0.0588. The van der Waals surface area contributed by atoms with Crippen molar-refractivity contribution in [1.82, 2.24) is 0 Å². The van der Waals surface area contributed by atoms with Crippen LogP contribution in [-0.4, -0.2) is 13.0 Å². The van der Waals surface area contributed by atoms with Crippen LogP contribution in [0.1, 0.15) is 0 Å². The number of halogens is 2. The van der Waals surface area contributed by atoms with Crippen LogP contribution in [0.4, 0.5) is 11.4 Å². The Morgan fingerprint density at radius 1 is 1.21 bits per heavy atom. The lowest BCUT2D eigenvalue weighted by Gasteiger charge is -2.07. The third-order valence-electron chi connectivity index (χ3n) is 2.98. The van der Waals surface area contributed by atoms with E-state index in [0.717, 1.165) is 0 Å². The number of nitriles is 1. The molecule has 0 unspecified atom stereocenters. The molecule has 122 valence electrons. The number of carbonyl (C=O) groups is 1. The zero-order valence-corrected chi connectivity index (χ0v) is 14.2. The normalized spacial score (nSPS) is 10.7. The number of ether oxygens (including phenoxy) is 1. The van der Waals surface area contributed by atoms with Crippen molar-refractivity contribution < 1.29 is 9.53 Å². The highest BCUT2D eigenvalue weighted by Gasteiger charge is 2.10. The molecule has 0 saturated carbocycles. The second-order valence-corrected chi connectivity index (χ2v) is 5.47. The lowest BCUT2D eigenvalue weighted by Crippen LogP contribution is -2.14. The summed E-state index contributed by atoms with van der Waals surface area (Å²) in [5.41, 5.74) is 1.02. The minimum absolute atomic E-state index is 0.0954. The first-order valence-corrected chi connectivity index (χ1v) is 7.56. The van der Waals surface area contributed by atoms with Gasteiger partial charge in [0.2, 0.25) is 0 Å². The standard InChI is InChI=1S/C17H13Cl2N3O2/c1-24-16-6-5-13(8-15(16)19)21-10-11(9-20)17(23)22-14-4-2-3-12(18)7-14/h2-8,10,21H,1H3,(H,22,23)/b11-10-. The maximum Gasteiger partial charge on any atom is 0.267 e. The molecule has 0 aliphatic carbocycles. The van der Waals surface area contributed by atoms with Crippen LogP contribution in [0.5, 0.6) is 5.75 Å². The van der Waals surface area contributed by atoms with Gasteiger partial charge in [0.25, 0.3) is 5.91 Å². The highest BCUT2D eigenvalue weighted by molar-refractivity contribution is 6.32. The monoisotopic (exact) mass is 361 g/mol. The summed E-state index contributed by atoms with van der Waals surface area (Å²) in [5, 5.41) is 15.5.